The van der Waals surface area contributed by atoms with Gasteiger partial charge in [0.25, 0.3) is 0 Å². The standard InChI is InChI=1S/C12H22N2OS.ClH/c1-14(11-5-7-16-9-11)12(15)3-2-10-4-6-13-8-10;/h10-11,13H,2-9H2,1H3;1H. The Morgan fingerprint density at radius 3 is 2.88 bits per heavy atom. The van der Waals surface area contributed by atoms with Gasteiger partial charge in [0.05, 0.1) is 0 Å². The lowest BCUT2D eigenvalue weighted by Gasteiger charge is -2.24. The molecule has 0 aromatic carbocycles. The van der Waals surface area contributed by atoms with Gasteiger partial charge in [-0.15, -0.1) is 12.4 Å². The summed E-state index contributed by atoms with van der Waals surface area (Å²) in [7, 11) is 1.98. The van der Waals surface area contributed by atoms with Crippen LogP contribution in [0.3, 0.4) is 0 Å². The molecule has 1 amide bonds. The molecule has 0 saturated carbocycles. The predicted octanol–water partition coefficient (Wildman–Crippen LogP) is 1.76. The molecule has 2 saturated heterocycles. The second-order valence-electron chi connectivity index (χ2n) is 4.92. The van der Waals surface area contributed by atoms with Crippen LogP contribution in [0.2, 0.25) is 0 Å². The summed E-state index contributed by atoms with van der Waals surface area (Å²) >= 11 is 1.97. The van der Waals surface area contributed by atoms with Gasteiger partial charge in [-0.3, -0.25) is 4.79 Å². The van der Waals surface area contributed by atoms with Crippen LogP contribution in [0, 0.1) is 5.92 Å². The summed E-state index contributed by atoms with van der Waals surface area (Å²) in [5, 5.41) is 3.35. The quantitative estimate of drug-likeness (QED) is 0.851. The molecule has 2 unspecified atom stereocenters. The van der Waals surface area contributed by atoms with Gasteiger partial charge in [0, 0.05) is 25.3 Å². The lowest BCUT2D eigenvalue weighted by atomic mass is 10.0. The van der Waals surface area contributed by atoms with Crippen molar-refractivity contribution >= 4 is 30.1 Å². The molecular weight excluding hydrogens is 256 g/mol. The number of amides is 1. The molecule has 2 aliphatic rings. The minimum Gasteiger partial charge on any atom is -0.342 e. The van der Waals surface area contributed by atoms with Crippen molar-refractivity contribution in [2.75, 3.05) is 31.6 Å². The van der Waals surface area contributed by atoms with Gasteiger partial charge in [0.1, 0.15) is 0 Å². The Labute approximate surface area is 114 Å². The van der Waals surface area contributed by atoms with Crippen molar-refractivity contribution < 1.29 is 4.79 Å². The highest BCUT2D eigenvalue weighted by Gasteiger charge is 2.24. The first-order valence-electron chi connectivity index (χ1n) is 6.31. The van der Waals surface area contributed by atoms with Gasteiger partial charge >= 0.3 is 0 Å². The van der Waals surface area contributed by atoms with Crippen molar-refractivity contribution in [3.05, 3.63) is 0 Å². The summed E-state index contributed by atoms with van der Waals surface area (Å²) in [6.07, 6.45) is 4.23. The van der Waals surface area contributed by atoms with Crippen LogP contribution < -0.4 is 5.32 Å². The molecule has 100 valence electrons. The highest BCUT2D eigenvalue weighted by molar-refractivity contribution is 7.99. The summed E-state index contributed by atoms with van der Waals surface area (Å²) in [4.78, 5) is 14.0. The summed E-state index contributed by atoms with van der Waals surface area (Å²) in [5.41, 5.74) is 0. The molecular formula is C12H23ClN2OS. The number of nitrogens with zero attached hydrogens (tertiary/aromatic N) is 1. The van der Waals surface area contributed by atoms with E-state index >= 15 is 0 Å². The van der Waals surface area contributed by atoms with E-state index in [1.165, 1.54) is 18.6 Å². The summed E-state index contributed by atoms with van der Waals surface area (Å²) < 4.78 is 0. The summed E-state index contributed by atoms with van der Waals surface area (Å²) in [5.74, 6) is 3.43. The zero-order valence-electron chi connectivity index (χ0n) is 10.5. The average Bonchev–Trinajstić information content (AvgIpc) is 2.96. The summed E-state index contributed by atoms with van der Waals surface area (Å²) in [6.45, 7) is 2.24. The lowest BCUT2D eigenvalue weighted by molar-refractivity contribution is -0.131. The first-order valence-corrected chi connectivity index (χ1v) is 7.47. The average molecular weight is 279 g/mol. The Morgan fingerprint density at radius 1 is 1.47 bits per heavy atom. The van der Waals surface area contributed by atoms with Crippen LogP contribution in [-0.2, 0) is 4.79 Å². The molecule has 1 N–H and O–H groups in total. The maximum Gasteiger partial charge on any atom is 0.222 e. The van der Waals surface area contributed by atoms with Crippen molar-refractivity contribution in [2.24, 2.45) is 5.92 Å². The molecule has 0 bridgehead atoms. The van der Waals surface area contributed by atoms with E-state index in [1.54, 1.807) is 0 Å². The van der Waals surface area contributed by atoms with Crippen molar-refractivity contribution in [3.63, 3.8) is 0 Å². The molecule has 2 heterocycles. The van der Waals surface area contributed by atoms with E-state index in [9.17, 15) is 4.79 Å². The SMILES string of the molecule is CN(C(=O)CCC1CCNC1)C1CCSC1.Cl. The first-order chi connectivity index (χ1) is 7.77. The number of nitrogens with one attached hydrogen (secondary N) is 1. The Bertz CT molecular complexity index is 241. The Kier molecular flexibility index (Phi) is 6.67. The molecule has 0 spiro atoms. The largest absolute Gasteiger partial charge is 0.342 e. The Balaban J connectivity index is 0.00000144. The van der Waals surface area contributed by atoms with E-state index in [-0.39, 0.29) is 12.4 Å². The first kappa shape index (κ1) is 15.1. The molecule has 5 heteroatoms. The number of hydrogen-bond donors (Lipinski definition) is 1. The topological polar surface area (TPSA) is 32.3 Å². The monoisotopic (exact) mass is 278 g/mol. The summed E-state index contributed by atoms with van der Waals surface area (Å²) in [6, 6.07) is 0.499. The molecule has 2 fully saturated rings. The molecule has 0 aliphatic carbocycles. The minimum absolute atomic E-state index is 0. The highest BCUT2D eigenvalue weighted by Crippen LogP contribution is 2.22. The predicted molar refractivity (Wildman–Crippen MR) is 76.0 cm³/mol. The molecule has 2 atom stereocenters. The van der Waals surface area contributed by atoms with Crippen molar-refractivity contribution in [1.82, 2.24) is 10.2 Å². The number of halogens is 1. The second-order valence-corrected chi connectivity index (χ2v) is 6.07. The van der Waals surface area contributed by atoms with Crippen LogP contribution in [0.4, 0.5) is 0 Å². The molecule has 2 rings (SSSR count). The minimum atomic E-state index is 0. The zero-order valence-corrected chi connectivity index (χ0v) is 12.1. The van der Waals surface area contributed by atoms with E-state index < -0.39 is 0 Å². The fourth-order valence-corrected chi connectivity index (χ4v) is 3.76. The third-order valence-corrected chi connectivity index (χ3v) is 4.92. The second kappa shape index (κ2) is 7.49. The van der Waals surface area contributed by atoms with E-state index in [4.69, 9.17) is 0 Å². The molecule has 0 radical (unpaired) electrons. The number of thioether (sulfide) groups is 1. The van der Waals surface area contributed by atoms with Crippen molar-refractivity contribution in [2.45, 2.75) is 31.7 Å². The third-order valence-electron chi connectivity index (χ3n) is 3.78. The number of hydrogen-bond acceptors (Lipinski definition) is 3. The van der Waals surface area contributed by atoms with Crippen LogP contribution in [0.15, 0.2) is 0 Å². The van der Waals surface area contributed by atoms with E-state index in [0.29, 0.717) is 11.9 Å². The van der Waals surface area contributed by atoms with Crippen LogP contribution in [0.1, 0.15) is 25.7 Å². The lowest BCUT2D eigenvalue weighted by Crippen LogP contribution is -2.37. The van der Waals surface area contributed by atoms with Gasteiger partial charge < -0.3 is 10.2 Å². The Hall–Kier alpha value is 0.0700. The number of carbonyl (C=O) groups is 1. The molecule has 2 aliphatic heterocycles. The zero-order chi connectivity index (χ0) is 11.4. The van der Waals surface area contributed by atoms with Gasteiger partial charge in [-0.25, -0.2) is 0 Å². The van der Waals surface area contributed by atoms with Gasteiger partial charge in [-0.1, -0.05) is 0 Å². The maximum absolute atomic E-state index is 12.0. The number of carbonyl (C=O) groups excluding carboxylic acids is 1. The molecule has 3 nitrogen and oxygen atoms in total. The van der Waals surface area contributed by atoms with E-state index in [1.807, 2.05) is 23.7 Å². The van der Waals surface area contributed by atoms with Gasteiger partial charge in [0.15, 0.2) is 0 Å². The maximum atomic E-state index is 12.0. The van der Waals surface area contributed by atoms with Crippen molar-refractivity contribution in [3.8, 4) is 0 Å². The normalized spacial score (nSPS) is 27.8. The fraction of sp³-hybridized carbons (Fsp3) is 0.917. The van der Waals surface area contributed by atoms with Crippen molar-refractivity contribution in [1.29, 1.82) is 0 Å². The van der Waals surface area contributed by atoms with Crippen LogP contribution in [0.5, 0.6) is 0 Å². The third kappa shape index (κ3) is 4.34. The smallest absolute Gasteiger partial charge is 0.222 e. The van der Waals surface area contributed by atoms with Gasteiger partial charge in [0.2, 0.25) is 5.91 Å². The molecule has 0 aromatic rings. The van der Waals surface area contributed by atoms with Gasteiger partial charge in [-0.05, 0) is 44.0 Å². The van der Waals surface area contributed by atoms with Gasteiger partial charge in [-0.2, -0.15) is 11.8 Å². The molecule has 0 aromatic heterocycles. The van der Waals surface area contributed by atoms with Crippen LogP contribution >= 0.6 is 24.2 Å². The van der Waals surface area contributed by atoms with Crippen LogP contribution in [0.25, 0.3) is 0 Å². The molecule has 17 heavy (non-hydrogen) atoms. The number of rotatable bonds is 4. The van der Waals surface area contributed by atoms with E-state index in [2.05, 4.69) is 5.32 Å². The van der Waals surface area contributed by atoms with Crippen LogP contribution in [-0.4, -0.2) is 48.5 Å². The van der Waals surface area contributed by atoms with E-state index in [0.717, 1.165) is 37.6 Å². The fourth-order valence-electron chi connectivity index (χ4n) is 2.50. The highest BCUT2D eigenvalue weighted by atomic mass is 35.5. The Morgan fingerprint density at radius 2 is 2.29 bits per heavy atom.